The predicted molar refractivity (Wildman–Crippen MR) is 97.3 cm³/mol. The van der Waals surface area contributed by atoms with Gasteiger partial charge in [0.05, 0.1) is 18.2 Å². The molecule has 10 heteroatoms. The average molecular weight is 405 g/mol. The smallest absolute Gasteiger partial charge is 0.347 e. The Morgan fingerprint density at radius 3 is 2.15 bits per heavy atom. The van der Waals surface area contributed by atoms with Crippen LogP contribution in [0.15, 0.2) is 34.9 Å². The van der Waals surface area contributed by atoms with E-state index in [1.54, 1.807) is 13.8 Å². The lowest BCUT2D eigenvalue weighted by molar-refractivity contribution is -0.146. The van der Waals surface area contributed by atoms with Crippen LogP contribution in [0.3, 0.4) is 0 Å². The molecule has 0 saturated heterocycles. The third-order valence-electron chi connectivity index (χ3n) is 3.06. The fourth-order valence-electron chi connectivity index (χ4n) is 1.76. The van der Waals surface area contributed by atoms with E-state index in [2.05, 4.69) is 5.32 Å². The van der Waals surface area contributed by atoms with Crippen molar-refractivity contribution in [1.29, 1.82) is 0 Å². The van der Waals surface area contributed by atoms with Gasteiger partial charge in [0.15, 0.2) is 5.57 Å². The molecule has 0 aliphatic heterocycles. The molecule has 1 rings (SSSR count). The van der Waals surface area contributed by atoms with Crippen LogP contribution in [0, 0.1) is 0 Å². The summed E-state index contributed by atoms with van der Waals surface area (Å²) in [6, 6.07) is 4.19. The number of esters is 2. The fourth-order valence-corrected chi connectivity index (χ4v) is 3.16. The van der Waals surface area contributed by atoms with Crippen LogP contribution in [-0.2, 0) is 29.1 Å². The van der Waals surface area contributed by atoms with E-state index in [0.717, 1.165) is 10.5 Å². The Bertz CT molecular complexity index is 785. The number of nitrogens with zero attached hydrogens (tertiary/aromatic N) is 1. The number of carbonyl (C=O) groups excluding carboxylic acids is 2. The Morgan fingerprint density at radius 1 is 1.15 bits per heavy atom. The molecule has 0 aliphatic carbocycles. The standard InChI is InChI=1S/C16H21ClN2O6S/c1-5-24-15(20)12(16(21)25-6-2)10-18-11-7-8-13(17)14(9-11)26(22,23)19(3)4/h7-10,18H,5-6H2,1-4H3. The van der Waals surface area contributed by atoms with Crippen molar-refractivity contribution in [2.75, 3.05) is 32.6 Å². The molecule has 0 fully saturated rings. The molecule has 26 heavy (non-hydrogen) atoms. The van der Waals surface area contributed by atoms with Crippen molar-refractivity contribution in [2.45, 2.75) is 18.7 Å². The number of nitrogens with one attached hydrogen (secondary N) is 1. The molecule has 0 heterocycles. The quantitative estimate of drug-likeness (QED) is 0.306. The van der Waals surface area contributed by atoms with Gasteiger partial charge < -0.3 is 14.8 Å². The average Bonchev–Trinajstić information content (AvgIpc) is 2.56. The van der Waals surface area contributed by atoms with Crippen molar-refractivity contribution < 1.29 is 27.5 Å². The number of halogens is 1. The SMILES string of the molecule is CCOC(=O)C(=CNc1ccc(Cl)c(S(=O)(=O)N(C)C)c1)C(=O)OCC. The first-order valence-electron chi connectivity index (χ1n) is 7.68. The number of benzene rings is 1. The minimum absolute atomic E-state index is 0.0456. The minimum Gasteiger partial charge on any atom is -0.462 e. The summed E-state index contributed by atoms with van der Waals surface area (Å²) in [4.78, 5) is 23.7. The zero-order valence-electron chi connectivity index (χ0n) is 14.9. The Kier molecular flexibility index (Phi) is 8.07. The lowest BCUT2D eigenvalue weighted by Gasteiger charge is -2.14. The number of hydrogen-bond donors (Lipinski definition) is 1. The highest BCUT2D eigenvalue weighted by molar-refractivity contribution is 7.89. The first kappa shape index (κ1) is 21.9. The highest BCUT2D eigenvalue weighted by Gasteiger charge is 2.23. The molecule has 0 unspecified atom stereocenters. The maximum atomic E-state index is 12.3. The summed E-state index contributed by atoms with van der Waals surface area (Å²) in [6.07, 6.45) is 1.10. The number of rotatable bonds is 8. The third-order valence-corrected chi connectivity index (χ3v) is 5.36. The predicted octanol–water partition coefficient (Wildman–Crippen LogP) is 2.01. The number of sulfonamides is 1. The van der Waals surface area contributed by atoms with Gasteiger partial charge >= 0.3 is 11.9 Å². The van der Waals surface area contributed by atoms with E-state index in [-0.39, 0.29) is 28.7 Å². The van der Waals surface area contributed by atoms with Crippen LogP contribution >= 0.6 is 11.6 Å². The highest BCUT2D eigenvalue weighted by atomic mass is 35.5. The van der Waals surface area contributed by atoms with E-state index < -0.39 is 22.0 Å². The van der Waals surface area contributed by atoms with Gasteiger partial charge in [0.25, 0.3) is 0 Å². The van der Waals surface area contributed by atoms with Crippen LogP contribution in [0.2, 0.25) is 5.02 Å². The lowest BCUT2D eigenvalue weighted by atomic mass is 10.2. The van der Waals surface area contributed by atoms with Crippen LogP contribution < -0.4 is 5.32 Å². The van der Waals surface area contributed by atoms with Crippen molar-refractivity contribution in [3.05, 3.63) is 35.0 Å². The molecular formula is C16H21ClN2O6S. The van der Waals surface area contributed by atoms with E-state index >= 15 is 0 Å². The second-order valence-corrected chi connectivity index (χ2v) is 7.60. The van der Waals surface area contributed by atoms with Crippen molar-refractivity contribution in [3.8, 4) is 0 Å². The molecule has 0 bridgehead atoms. The molecule has 1 aromatic carbocycles. The van der Waals surface area contributed by atoms with Gasteiger partial charge in [-0.1, -0.05) is 11.6 Å². The Balaban J connectivity index is 3.21. The fraction of sp³-hybridized carbons (Fsp3) is 0.375. The largest absolute Gasteiger partial charge is 0.462 e. The maximum Gasteiger partial charge on any atom is 0.347 e. The van der Waals surface area contributed by atoms with E-state index in [9.17, 15) is 18.0 Å². The normalized spacial score (nSPS) is 11.0. The van der Waals surface area contributed by atoms with Crippen molar-refractivity contribution in [3.63, 3.8) is 0 Å². The molecule has 0 amide bonds. The first-order chi connectivity index (χ1) is 12.1. The van der Waals surface area contributed by atoms with Gasteiger partial charge in [0, 0.05) is 26.0 Å². The minimum atomic E-state index is -3.76. The van der Waals surface area contributed by atoms with Gasteiger partial charge in [-0.2, -0.15) is 0 Å². The van der Waals surface area contributed by atoms with Crippen molar-refractivity contribution >= 4 is 39.3 Å². The van der Waals surface area contributed by atoms with Crippen molar-refractivity contribution in [1.82, 2.24) is 4.31 Å². The number of ether oxygens (including phenoxy) is 2. The third kappa shape index (κ3) is 5.45. The summed E-state index contributed by atoms with van der Waals surface area (Å²) >= 11 is 5.97. The molecule has 1 N–H and O–H groups in total. The van der Waals surface area contributed by atoms with Crippen molar-refractivity contribution in [2.24, 2.45) is 0 Å². The summed E-state index contributed by atoms with van der Waals surface area (Å²) in [5, 5.41) is 2.74. The zero-order valence-corrected chi connectivity index (χ0v) is 16.5. The molecule has 8 nitrogen and oxygen atoms in total. The van der Waals surface area contributed by atoms with E-state index in [1.807, 2.05) is 0 Å². The van der Waals surface area contributed by atoms with Crippen LogP contribution in [0.4, 0.5) is 5.69 Å². The molecule has 0 aromatic heterocycles. The van der Waals surface area contributed by atoms with Crippen LogP contribution in [-0.4, -0.2) is 52.0 Å². The van der Waals surface area contributed by atoms with Gasteiger partial charge in [-0.15, -0.1) is 0 Å². The Morgan fingerprint density at radius 2 is 1.69 bits per heavy atom. The van der Waals surface area contributed by atoms with Crippen LogP contribution in [0.25, 0.3) is 0 Å². The highest BCUT2D eigenvalue weighted by Crippen LogP contribution is 2.27. The monoisotopic (exact) mass is 404 g/mol. The van der Waals surface area contributed by atoms with Gasteiger partial charge in [-0.25, -0.2) is 22.3 Å². The van der Waals surface area contributed by atoms with Crippen LogP contribution in [0.5, 0.6) is 0 Å². The summed E-state index contributed by atoms with van der Waals surface area (Å²) in [5.41, 5.74) is -0.0402. The molecule has 0 radical (unpaired) electrons. The summed E-state index contributed by atoms with van der Waals surface area (Å²) < 4.78 is 35.2. The van der Waals surface area contributed by atoms with E-state index in [0.29, 0.717) is 5.69 Å². The van der Waals surface area contributed by atoms with E-state index in [4.69, 9.17) is 21.1 Å². The summed E-state index contributed by atoms with van der Waals surface area (Å²) in [6.45, 7) is 3.38. The number of hydrogen-bond acceptors (Lipinski definition) is 7. The molecule has 0 aliphatic rings. The Labute approximate surface area is 157 Å². The lowest BCUT2D eigenvalue weighted by Crippen LogP contribution is -2.22. The summed E-state index contributed by atoms with van der Waals surface area (Å²) in [7, 11) is -1.00. The molecular weight excluding hydrogens is 384 g/mol. The molecule has 0 saturated carbocycles. The first-order valence-corrected chi connectivity index (χ1v) is 9.49. The second-order valence-electron chi connectivity index (χ2n) is 5.08. The maximum absolute atomic E-state index is 12.3. The van der Waals surface area contributed by atoms with Gasteiger partial charge in [0.1, 0.15) is 4.90 Å². The summed E-state index contributed by atoms with van der Waals surface area (Å²) in [5.74, 6) is -1.71. The molecule has 0 spiro atoms. The van der Waals surface area contributed by atoms with Gasteiger partial charge in [-0.05, 0) is 32.0 Å². The Hall–Kier alpha value is -2.10. The van der Waals surface area contributed by atoms with Gasteiger partial charge in [-0.3, -0.25) is 0 Å². The molecule has 144 valence electrons. The second kappa shape index (κ2) is 9.56. The molecule has 0 atom stereocenters. The van der Waals surface area contributed by atoms with E-state index in [1.165, 1.54) is 32.3 Å². The number of carbonyl (C=O) groups is 2. The molecule has 1 aromatic rings. The van der Waals surface area contributed by atoms with Crippen LogP contribution in [0.1, 0.15) is 13.8 Å². The zero-order chi connectivity index (χ0) is 19.9. The number of anilines is 1. The van der Waals surface area contributed by atoms with Gasteiger partial charge in [0.2, 0.25) is 10.0 Å². The topological polar surface area (TPSA) is 102 Å².